The molecule has 7 nitrogen and oxygen atoms in total. The van der Waals surface area contributed by atoms with E-state index in [-0.39, 0.29) is 25.5 Å². The molecule has 9 heteroatoms. The van der Waals surface area contributed by atoms with E-state index in [4.69, 9.17) is 26.8 Å². The van der Waals surface area contributed by atoms with Gasteiger partial charge >= 0.3 is 0 Å². The van der Waals surface area contributed by atoms with Crippen LogP contribution >= 0.6 is 22.9 Å². The van der Waals surface area contributed by atoms with Crippen molar-refractivity contribution in [3.63, 3.8) is 0 Å². The van der Waals surface area contributed by atoms with Gasteiger partial charge in [0.2, 0.25) is 5.91 Å². The fraction of sp³-hybridized carbons (Fsp3) is 0.389. The van der Waals surface area contributed by atoms with E-state index in [9.17, 15) is 9.59 Å². The molecule has 1 aromatic carbocycles. The molecule has 0 unspecified atom stereocenters. The second-order valence-electron chi connectivity index (χ2n) is 6.41. The fourth-order valence-electron chi connectivity index (χ4n) is 2.98. The highest BCUT2D eigenvalue weighted by atomic mass is 35.5. The minimum Gasteiger partial charge on any atom is -0.490 e. The first kappa shape index (κ1) is 19.6. The van der Waals surface area contributed by atoms with Gasteiger partial charge in [-0.1, -0.05) is 11.6 Å². The maximum absolute atomic E-state index is 12.8. The molecule has 1 aromatic heterocycles. The summed E-state index contributed by atoms with van der Waals surface area (Å²) in [5.74, 6) is -0.0507. The van der Waals surface area contributed by atoms with Gasteiger partial charge in [-0.25, -0.2) is 4.98 Å². The van der Waals surface area contributed by atoms with Crippen molar-refractivity contribution in [2.75, 3.05) is 26.3 Å². The third kappa shape index (κ3) is 4.77. The number of carbonyl (C=O) groups is 2. The Morgan fingerprint density at radius 3 is 2.78 bits per heavy atom. The Kier molecular flexibility index (Phi) is 5.98. The van der Waals surface area contributed by atoms with Gasteiger partial charge in [0.25, 0.3) is 5.91 Å². The van der Waals surface area contributed by atoms with Gasteiger partial charge in [-0.15, -0.1) is 11.3 Å². The molecule has 0 saturated carbocycles. The lowest BCUT2D eigenvalue weighted by Gasteiger charge is -2.41. The molecule has 1 aliphatic rings. The van der Waals surface area contributed by atoms with Crippen LogP contribution < -0.4 is 10.5 Å². The molecule has 2 N–H and O–H groups in total. The van der Waals surface area contributed by atoms with Crippen LogP contribution in [0.25, 0.3) is 0 Å². The Morgan fingerprint density at radius 1 is 1.41 bits per heavy atom. The van der Waals surface area contributed by atoms with Crippen molar-refractivity contribution < 1.29 is 19.1 Å². The number of aryl methyl sites for hydroxylation is 1. The quantitative estimate of drug-likeness (QED) is 0.789. The number of nitrogens with two attached hydrogens (primary N) is 1. The number of benzene rings is 1. The molecule has 1 saturated heterocycles. The number of amides is 2. The molecule has 144 valence electrons. The van der Waals surface area contributed by atoms with Crippen molar-refractivity contribution in [3.05, 3.63) is 45.4 Å². The summed E-state index contributed by atoms with van der Waals surface area (Å²) in [6.45, 7) is 2.81. The third-order valence-corrected chi connectivity index (χ3v) is 5.46. The molecule has 2 heterocycles. The highest BCUT2D eigenvalue weighted by molar-refractivity contribution is 7.11. The van der Waals surface area contributed by atoms with Gasteiger partial charge in [0.1, 0.15) is 22.8 Å². The Bertz CT molecular complexity index is 826. The third-order valence-electron chi connectivity index (χ3n) is 4.29. The number of thiazole rings is 1. The van der Waals surface area contributed by atoms with E-state index in [0.29, 0.717) is 34.5 Å². The minimum atomic E-state index is -1.00. The van der Waals surface area contributed by atoms with Gasteiger partial charge in [0.15, 0.2) is 0 Å². The standard InChI is InChI=1S/C18H20ClN3O4S/c1-12-16(27-11-21-12)17(24)22-6-7-26-18(9-22,8-15(20)23)10-25-14-4-2-13(19)3-5-14/h2-5,11H,6-10H2,1H3,(H2,20,23)/t18-/m1/s1. The van der Waals surface area contributed by atoms with Crippen LogP contribution in [0.3, 0.4) is 0 Å². The van der Waals surface area contributed by atoms with Crippen molar-refractivity contribution in [1.82, 2.24) is 9.88 Å². The van der Waals surface area contributed by atoms with E-state index >= 15 is 0 Å². The Hall–Kier alpha value is -2.16. The SMILES string of the molecule is Cc1ncsc1C(=O)N1CCO[C@](COc2ccc(Cl)cc2)(CC(N)=O)C1. The molecular weight excluding hydrogens is 390 g/mol. The molecule has 1 aliphatic heterocycles. The smallest absolute Gasteiger partial charge is 0.266 e. The maximum Gasteiger partial charge on any atom is 0.266 e. The number of rotatable bonds is 6. The van der Waals surface area contributed by atoms with Crippen LogP contribution in [0.1, 0.15) is 21.8 Å². The van der Waals surface area contributed by atoms with E-state index < -0.39 is 11.5 Å². The van der Waals surface area contributed by atoms with Crippen LogP contribution in [-0.4, -0.2) is 53.6 Å². The second-order valence-corrected chi connectivity index (χ2v) is 7.70. The molecule has 0 radical (unpaired) electrons. The molecule has 2 aromatic rings. The zero-order valence-corrected chi connectivity index (χ0v) is 16.4. The van der Waals surface area contributed by atoms with Crippen LogP contribution in [0.15, 0.2) is 29.8 Å². The first-order chi connectivity index (χ1) is 12.9. The van der Waals surface area contributed by atoms with Gasteiger partial charge in [-0.3, -0.25) is 9.59 Å². The Balaban J connectivity index is 1.76. The van der Waals surface area contributed by atoms with Crippen molar-refractivity contribution in [2.45, 2.75) is 18.9 Å². The first-order valence-corrected chi connectivity index (χ1v) is 9.64. The van der Waals surface area contributed by atoms with Crippen molar-refractivity contribution in [3.8, 4) is 5.75 Å². The molecule has 0 aliphatic carbocycles. The maximum atomic E-state index is 12.8. The van der Waals surface area contributed by atoms with Crippen LogP contribution in [0.4, 0.5) is 0 Å². The monoisotopic (exact) mass is 409 g/mol. The summed E-state index contributed by atoms with van der Waals surface area (Å²) in [4.78, 5) is 30.9. The number of aromatic nitrogens is 1. The predicted molar refractivity (Wildman–Crippen MR) is 102 cm³/mol. The number of carbonyl (C=O) groups excluding carboxylic acids is 2. The first-order valence-electron chi connectivity index (χ1n) is 8.38. The van der Waals surface area contributed by atoms with E-state index in [1.54, 1.807) is 41.6 Å². The summed E-state index contributed by atoms with van der Waals surface area (Å²) in [6.07, 6.45) is -0.0496. The summed E-state index contributed by atoms with van der Waals surface area (Å²) in [5, 5.41) is 0.597. The topological polar surface area (TPSA) is 94.8 Å². The largest absolute Gasteiger partial charge is 0.490 e. The average molecular weight is 410 g/mol. The zero-order valence-electron chi connectivity index (χ0n) is 14.8. The van der Waals surface area contributed by atoms with Crippen LogP contribution in [0.5, 0.6) is 5.75 Å². The molecular formula is C18H20ClN3O4S. The van der Waals surface area contributed by atoms with Crippen LogP contribution in [-0.2, 0) is 9.53 Å². The highest BCUT2D eigenvalue weighted by Crippen LogP contribution is 2.27. The lowest BCUT2D eigenvalue weighted by Crippen LogP contribution is -2.58. The zero-order chi connectivity index (χ0) is 19.4. The lowest BCUT2D eigenvalue weighted by molar-refractivity contribution is -0.142. The summed E-state index contributed by atoms with van der Waals surface area (Å²) >= 11 is 7.18. The highest BCUT2D eigenvalue weighted by Gasteiger charge is 2.41. The van der Waals surface area contributed by atoms with Crippen molar-refractivity contribution in [1.29, 1.82) is 0 Å². The molecule has 1 fully saturated rings. The predicted octanol–water partition coefficient (Wildman–Crippen LogP) is 2.27. The van der Waals surface area contributed by atoms with E-state index in [1.165, 1.54) is 11.3 Å². The Morgan fingerprint density at radius 2 is 2.15 bits per heavy atom. The van der Waals surface area contributed by atoms with E-state index in [2.05, 4.69) is 4.98 Å². The van der Waals surface area contributed by atoms with Crippen molar-refractivity contribution in [2.24, 2.45) is 5.73 Å². The molecule has 1 atom stereocenters. The lowest BCUT2D eigenvalue weighted by atomic mass is 9.97. The molecule has 0 bridgehead atoms. The molecule has 3 rings (SSSR count). The van der Waals surface area contributed by atoms with Gasteiger partial charge in [-0.2, -0.15) is 0 Å². The van der Waals surface area contributed by atoms with E-state index in [1.807, 2.05) is 0 Å². The second kappa shape index (κ2) is 8.24. The number of halogens is 1. The van der Waals surface area contributed by atoms with Gasteiger partial charge in [-0.05, 0) is 31.2 Å². The van der Waals surface area contributed by atoms with Crippen LogP contribution in [0.2, 0.25) is 5.02 Å². The molecule has 27 heavy (non-hydrogen) atoms. The van der Waals surface area contributed by atoms with Crippen LogP contribution in [0, 0.1) is 6.92 Å². The summed E-state index contributed by atoms with van der Waals surface area (Å²) in [6, 6.07) is 6.88. The Labute approximate surface area is 166 Å². The minimum absolute atomic E-state index is 0.0496. The molecule has 0 spiro atoms. The molecule has 2 amide bonds. The van der Waals surface area contributed by atoms with Gasteiger partial charge in [0.05, 0.1) is 30.8 Å². The summed E-state index contributed by atoms with van der Waals surface area (Å²) in [5.41, 5.74) is 6.76. The number of hydrogen-bond acceptors (Lipinski definition) is 6. The summed E-state index contributed by atoms with van der Waals surface area (Å²) < 4.78 is 11.7. The van der Waals surface area contributed by atoms with Gasteiger partial charge < -0.3 is 20.1 Å². The number of primary amides is 1. The fourth-order valence-corrected chi connectivity index (χ4v) is 3.87. The van der Waals surface area contributed by atoms with Gasteiger partial charge in [0, 0.05) is 11.6 Å². The number of nitrogens with zero attached hydrogens (tertiary/aromatic N) is 2. The number of ether oxygens (including phenoxy) is 2. The normalized spacial score (nSPS) is 19.7. The van der Waals surface area contributed by atoms with E-state index in [0.717, 1.165) is 0 Å². The summed E-state index contributed by atoms with van der Waals surface area (Å²) in [7, 11) is 0. The van der Waals surface area contributed by atoms with Crippen molar-refractivity contribution >= 4 is 34.8 Å². The average Bonchev–Trinajstić information content (AvgIpc) is 3.06. The number of hydrogen-bond donors (Lipinski definition) is 1. The number of morpholine rings is 1.